The summed E-state index contributed by atoms with van der Waals surface area (Å²) in [4.78, 5) is 20.9. The molecule has 2 aromatic carbocycles. The van der Waals surface area contributed by atoms with Crippen LogP contribution in [0.25, 0.3) is 11.0 Å². The number of morpholine rings is 1. The first-order chi connectivity index (χ1) is 11.7. The van der Waals surface area contributed by atoms with Gasteiger partial charge in [0.05, 0.1) is 36.0 Å². The minimum Gasteiger partial charge on any atom is -0.374 e. The van der Waals surface area contributed by atoms with E-state index >= 15 is 0 Å². The van der Waals surface area contributed by atoms with Crippen LogP contribution < -0.4 is 10.5 Å². The fourth-order valence-electron chi connectivity index (χ4n) is 3.25. The van der Waals surface area contributed by atoms with Crippen molar-refractivity contribution in [2.75, 3.05) is 18.1 Å². The molecule has 1 aromatic heterocycles. The number of aromatic amines is 1. The average molecular weight is 321 g/mol. The van der Waals surface area contributed by atoms with Crippen LogP contribution in [-0.2, 0) is 4.74 Å². The largest absolute Gasteiger partial charge is 0.374 e. The number of anilines is 1. The molecule has 1 aliphatic heterocycles. The number of nitrogens with zero attached hydrogens (tertiary/aromatic N) is 2. The normalized spacial score (nSPS) is 21.1. The molecule has 2 heterocycles. The lowest BCUT2D eigenvalue weighted by atomic mass is 10.0. The number of aromatic nitrogens is 2. The van der Waals surface area contributed by atoms with E-state index in [0.717, 1.165) is 23.3 Å². The molecule has 5 nitrogen and oxygen atoms in total. The van der Waals surface area contributed by atoms with Gasteiger partial charge in [-0.1, -0.05) is 30.3 Å². The summed E-state index contributed by atoms with van der Waals surface area (Å²) >= 11 is 0. The minimum absolute atomic E-state index is 0.156. The van der Waals surface area contributed by atoms with Crippen molar-refractivity contribution >= 4 is 16.7 Å². The fourth-order valence-corrected chi connectivity index (χ4v) is 3.25. The number of hydrogen-bond donors (Lipinski definition) is 1. The second-order valence-electron chi connectivity index (χ2n) is 6.17. The van der Waals surface area contributed by atoms with Crippen LogP contribution in [-0.4, -0.2) is 29.2 Å². The first-order valence-electron chi connectivity index (χ1n) is 8.13. The summed E-state index contributed by atoms with van der Waals surface area (Å²) in [5, 5.41) is 0. The molecule has 2 atom stereocenters. The van der Waals surface area contributed by atoms with Crippen molar-refractivity contribution in [1.82, 2.24) is 9.97 Å². The number of nitrogens with one attached hydrogen (secondary N) is 1. The Balaban J connectivity index is 1.77. The van der Waals surface area contributed by atoms with Crippen LogP contribution in [0.5, 0.6) is 0 Å². The van der Waals surface area contributed by atoms with E-state index in [-0.39, 0.29) is 17.7 Å². The molecular weight excluding hydrogens is 302 g/mol. The predicted octanol–water partition coefficient (Wildman–Crippen LogP) is 2.89. The van der Waals surface area contributed by atoms with E-state index in [9.17, 15) is 4.79 Å². The molecule has 1 saturated heterocycles. The second kappa shape index (κ2) is 6.09. The Morgan fingerprint density at radius 1 is 1.21 bits per heavy atom. The number of rotatable bonds is 2. The highest BCUT2D eigenvalue weighted by Crippen LogP contribution is 2.32. The molecule has 0 saturated carbocycles. The van der Waals surface area contributed by atoms with Crippen LogP contribution in [0.3, 0.4) is 0 Å². The Bertz CT molecular complexity index is 907. The molecule has 0 spiro atoms. The van der Waals surface area contributed by atoms with Crippen LogP contribution in [0.1, 0.15) is 18.5 Å². The van der Waals surface area contributed by atoms with Crippen molar-refractivity contribution in [3.05, 3.63) is 70.6 Å². The molecule has 0 unspecified atom stereocenters. The highest BCUT2D eigenvalue weighted by molar-refractivity contribution is 5.78. The van der Waals surface area contributed by atoms with Crippen LogP contribution in [0, 0.1) is 0 Å². The Morgan fingerprint density at radius 2 is 2.04 bits per heavy atom. The topological polar surface area (TPSA) is 58.2 Å². The minimum atomic E-state index is -0.186. The lowest BCUT2D eigenvalue weighted by molar-refractivity contribution is 0.0303. The monoisotopic (exact) mass is 321 g/mol. The zero-order valence-corrected chi connectivity index (χ0v) is 13.5. The van der Waals surface area contributed by atoms with Gasteiger partial charge in [-0.25, -0.2) is 4.98 Å². The lowest BCUT2D eigenvalue weighted by Gasteiger charge is -2.40. The van der Waals surface area contributed by atoms with Crippen molar-refractivity contribution in [2.45, 2.75) is 19.1 Å². The first-order valence-corrected chi connectivity index (χ1v) is 8.13. The third-order valence-corrected chi connectivity index (χ3v) is 4.44. The average Bonchev–Trinajstić information content (AvgIpc) is 2.61. The first kappa shape index (κ1) is 14.9. The van der Waals surface area contributed by atoms with E-state index in [1.165, 1.54) is 11.8 Å². The maximum Gasteiger partial charge on any atom is 0.266 e. The van der Waals surface area contributed by atoms with Gasteiger partial charge in [0.25, 0.3) is 5.56 Å². The van der Waals surface area contributed by atoms with Crippen molar-refractivity contribution in [3.8, 4) is 0 Å². The van der Waals surface area contributed by atoms with Gasteiger partial charge < -0.3 is 14.6 Å². The molecule has 0 radical (unpaired) electrons. The Hall–Kier alpha value is -2.66. The van der Waals surface area contributed by atoms with E-state index in [0.29, 0.717) is 6.61 Å². The van der Waals surface area contributed by atoms with Gasteiger partial charge in [0.2, 0.25) is 0 Å². The summed E-state index contributed by atoms with van der Waals surface area (Å²) in [5.41, 5.74) is 3.65. The summed E-state index contributed by atoms with van der Waals surface area (Å²) in [6, 6.07) is 16.5. The van der Waals surface area contributed by atoms with Gasteiger partial charge in [-0.15, -0.1) is 0 Å². The maximum absolute atomic E-state index is 11.6. The van der Waals surface area contributed by atoms with Crippen molar-refractivity contribution in [3.63, 3.8) is 0 Å². The molecule has 0 aliphatic carbocycles. The fraction of sp³-hybridized carbons (Fsp3) is 0.263. The van der Waals surface area contributed by atoms with E-state index in [4.69, 9.17) is 4.74 Å². The lowest BCUT2D eigenvalue weighted by Crippen LogP contribution is -2.43. The van der Waals surface area contributed by atoms with Crippen molar-refractivity contribution in [1.29, 1.82) is 0 Å². The molecule has 24 heavy (non-hydrogen) atoms. The molecule has 1 aliphatic rings. The SMILES string of the molecule is C[C@@H]1CN(c2ccc3ncc(=O)[nH]c3c2)[C@H](c2ccccc2)CO1. The van der Waals surface area contributed by atoms with Gasteiger partial charge in [-0.3, -0.25) is 4.79 Å². The van der Waals surface area contributed by atoms with Gasteiger partial charge >= 0.3 is 0 Å². The predicted molar refractivity (Wildman–Crippen MR) is 94.3 cm³/mol. The van der Waals surface area contributed by atoms with Gasteiger partial charge in [-0.05, 0) is 30.7 Å². The Labute approximate surface area is 139 Å². The van der Waals surface area contributed by atoms with Gasteiger partial charge in [0.1, 0.15) is 0 Å². The van der Waals surface area contributed by atoms with E-state index in [2.05, 4.69) is 40.0 Å². The molecule has 122 valence electrons. The van der Waals surface area contributed by atoms with Gasteiger partial charge in [0, 0.05) is 12.2 Å². The zero-order valence-electron chi connectivity index (χ0n) is 13.5. The molecule has 4 rings (SSSR count). The van der Waals surface area contributed by atoms with Gasteiger partial charge in [0.15, 0.2) is 0 Å². The third kappa shape index (κ3) is 2.78. The van der Waals surface area contributed by atoms with Crippen molar-refractivity contribution in [2.24, 2.45) is 0 Å². The maximum atomic E-state index is 11.6. The zero-order chi connectivity index (χ0) is 16.5. The molecule has 1 N–H and O–H groups in total. The summed E-state index contributed by atoms with van der Waals surface area (Å²) in [7, 11) is 0. The molecule has 5 heteroatoms. The van der Waals surface area contributed by atoms with Gasteiger partial charge in [-0.2, -0.15) is 0 Å². The number of benzene rings is 2. The highest BCUT2D eigenvalue weighted by Gasteiger charge is 2.28. The second-order valence-corrected chi connectivity index (χ2v) is 6.17. The highest BCUT2D eigenvalue weighted by atomic mass is 16.5. The number of ether oxygens (including phenoxy) is 1. The summed E-state index contributed by atoms with van der Waals surface area (Å²) in [6.45, 7) is 3.53. The van der Waals surface area contributed by atoms with Crippen LogP contribution in [0.2, 0.25) is 0 Å². The van der Waals surface area contributed by atoms with E-state index in [1.54, 1.807) is 0 Å². The third-order valence-electron chi connectivity index (χ3n) is 4.44. The van der Waals surface area contributed by atoms with Crippen LogP contribution >= 0.6 is 0 Å². The van der Waals surface area contributed by atoms with Crippen LogP contribution in [0.4, 0.5) is 5.69 Å². The quantitative estimate of drug-likeness (QED) is 0.788. The smallest absolute Gasteiger partial charge is 0.266 e. The number of fused-ring (bicyclic) bond motifs is 1. The Kier molecular flexibility index (Phi) is 3.78. The summed E-state index contributed by atoms with van der Waals surface area (Å²) < 4.78 is 5.89. The summed E-state index contributed by atoms with van der Waals surface area (Å²) in [6.07, 6.45) is 1.47. The molecular formula is C19H19N3O2. The molecule has 0 bridgehead atoms. The number of hydrogen-bond acceptors (Lipinski definition) is 4. The molecule has 1 fully saturated rings. The standard InChI is InChI=1S/C19H19N3O2/c1-13-11-22(18(12-24-13)14-5-3-2-4-6-14)15-7-8-16-17(9-15)21-19(23)10-20-16/h2-10,13,18H,11-12H2,1H3,(H,21,23)/t13-,18+/m1/s1. The Morgan fingerprint density at radius 3 is 2.88 bits per heavy atom. The number of H-pyrrole nitrogens is 1. The van der Waals surface area contributed by atoms with Crippen molar-refractivity contribution < 1.29 is 4.74 Å². The van der Waals surface area contributed by atoms with Crippen LogP contribution in [0.15, 0.2) is 59.5 Å². The molecule has 3 aromatic rings. The van der Waals surface area contributed by atoms with E-state index < -0.39 is 0 Å². The van der Waals surface area contributed by atoms with E-state index in [1.807, 2.05) is 30.3 Å². The summed E-state index contributed by atoms with van der Waals surface area (Å²) in [5.74, 6) is 0. The molecule has 0 amide bonds.